The molecule has 1 aromatic heterocycles. The lowest BCUT2D eigenvalue weighted by atomic mass is 10.2. The van der Waals surface area contributed by atoms with E-state index in [4.69, 9.17) is 18.6 Å². The number of aromatic nitrogens is 1. The van der Waals surface area contributed by atoms with Crippen LogP contribution in [0.25, 0.3) is 0 Å². The molecule has 0 aliphatic rings. The largest absolute Gasteiger partial charge is 0.464 e. The van der Waals surface area contributed by atoms with Crippen LogP contribution in [-0.2, 0) is 18.6 Å². The van der Waals surface area contributed by atoms with Gasteiger partial charge in [0, 0.05) is 19.0 Å². The average Bonchev–Trinajstić information content (AvgIpc) is 3.14. The van der Waals surface area contributed by atoms with Crippen LogP contribution < -0.4 is 4.90 Å². The molecule has 0 aliphatic carbocycles. The lowest BCUT2D eigenvalue weighted by Gasteiger charge is -2.37. The molecular formula is C22H40N2O6SSi. The second kappa shape index (κ2) is 11.6. The molecule has 0 spiro atoms. The van der Waals surface area contributed by atoms with Crippen LogP contribution in [0.4, 0.5) is 9.93 Å². The van der Waals surface area contributed by atoms with Gasteiger partial charge < -0.3 is 18.6 Å². The van der Waals surface area contributed by atoms with E-state index in [9.17, 15) is 9.59 Å². The zero-order valence-corrected chi connectivity index (χ0v) is 23.1. The fourth-order valence-corrected chi connectivity index (χ4v) is 4.28. The van der Waals surface area contributed by atoms with Crippen molar-refractivity contribution >= 4 is 36.8 Å². The first kappa shape index (κ1) is 28.5. The standard InChI is InChI=1S/C22H40N2O6SSi/c1-21(2,3)30-20(26)24(19-23-17(15-31-19)18(25)28-8)13-11-12-16(27-7)14-29-32(9,10)22(4,5)6/h15-16H,11-14H2,1-10H3. The van der Waals surface area contributed by atoms with E-state index >= 15 is 0 Å². The fourth-order valence-electron chi connectivity index (χ4n) is 2.43. The van der Waals surface area contributed by atoms with E-state index in [1.54, 1.807) is 12.5 Å². The van der Waals surface area contributed by atoms with Crippen molar-refractivity contribution in [3.05, 3.63) is 11.1 Å². The van der Waals surface area contributed by atoms with Gasteiger partial charge in [-0.3, -0.25) is 4.90 Å². The number of anilines is 1. The number of hydrogen-bond donors (Lipinski definition) is 0. The Bertz CT molecular complexity index is 754. The van der Waals surface area contributed by atoms with E-state index in [2.05, 4.69) is 38.8 Å². The minimum absolute atomic E-state index is 0.0773. The van der Waals surface area contributed by atoms with Crippen molar-refractivity contribution in [2.75, 3.05) is 32.3 Å². The summed E-state index contributed by atoms with van der Waals surface area (Å²) >= 11 is 1.20. The molecule has 0 N–H and O–H groups in total. The molecule has 1 rings (SSSR count). The van der Waals surface area contributed by atoms with Crippen molar-refractivity contribution in [2.24, 2.45) is 0 Å². The average molecular weight is 489 g/mol. The highest BCUT2D eigenvalue weighted by molar-refractivity contribution is 7.14. The minimum Gasteiger partial charge on any atom is -0.464 e. The maximum Gasteiger partial charge on any atom is 0.416 e. The van der Waals surface area contributed by atoms with Gasteiger partial charge in [0.2, 0.25) is 0 Å². The fraction of sp³-hybridized carbons (Fsp3) is 0.773. The monoisotopic (exact) mass is 488 g/mol. The van der Waals surface area contributed by atoms with Crippen molar-refractivity contribution in [3.8, 4) is 0 Å². The Kier molecular flexibility index (Phi) is 10.3. The van der Waals surface area contributed by atoms with Gasteiger partial charge >= 0.3 is 12.1 Å². The van der Waals surface area contributed by atoms with Crippen molar-refractivity contribution in [3.63, 3.8) is 0 Å². The van der Waals surface area contributed by atoms with Crippen molar-refractivity contribution < 1.29 is 28.2 Å². The van der Waals surface area contributed by atoms with E-state index in [-0.39, 0.29) is 16.8 Å². The third-order valence-corrected chi connectivity index (χ3v) is 10.8. The minimum atomic E-state index is -1.87. The molecule has 1 amide bonds. The highest BCUT2D eigenvalue weighted by atomic mass is 32.1. The number of esters is 1. The zero-order chi connectivity index (χ0) is 24.7. The van der Waals surface area contributed by atoms with Crippen LogP contribution in [0, 0.1) is 0 Å². The summed E-state index contributed by atoms with van der Waals surface area (Å²) in [5.74, 6) is -0.543. The van der Waals surface area contributed by atoms with Crippen LogP contribution in [-0.4, -0.2) is 64.4 Å². The van der Waals surface area contributed by atoms with Gasteiger partial charge in [0.25, 0.3) is 0 Å². The van der Waals surface area contributed by atoms with Crippen LogP contribution in [0.3, 0.4) is 0 Å². The number of ether oxygens (including phenoxy) is 3. The molecule has 0 aliphatic heterocycles. The van der Waals surface area contributed by atoms with Crippen LogP contribution in [0.5, 0.6) is 0 Å². The molecule has 0 bridgehead atoms. The SMILES string of the molecule is COC(=O)c1csc(N(CCCC(CO[Si](C)(C)C(C)(C)C)OC)C(=O)OC(C)(C)C)n1. The van der Waals surface area contributed by atoms with Crippen LogP contribution in [0.1, 0.15) is 64.9 Å². The molecule has 0 aromatic carbocycles. The van der Waals surface area contributed by atoms with E-state index < -0.39 is 26.0 Å². The van der Waals surface area contributed by atoms with Crippen molar-refractivity contribution in [1.29, 1.82) is 0 Å². The first-order chi connectivity index (χ1) is 14.6. The zero-order valence-electron chi connectivity index (χ0n) is 21.2. The van der Waals surface area contributed by atoms with Gasteiger partial charge in [0.15, 0.2) is 19.1 Å². The number of carbonyl (C=O) groups excluding carboxylic acids is 2. The molecule has 1 heterocycles. The Balaban J connectivity index is 2.84. The number of nitrogens with zero attached hydrogens (tertiary/aromatic N) is 2. The highest BCUT2D eigenvalue weighted by Crippen LogP contribution is 2.36. The number of rotatable bonds is 10. The number of methoxy groups -OCH3 is 2. The molecule has 10 heteroatoms. The Morgan fingerprint density at radius 1 is 1.16 bits per heavy atom. The van der Waals surface area contributed by atoms with Gasteiger partial charge in [0.05, 0.1) is 19.8 Å². The molecule has 1 atom stereocenters. The Morgan fingerprint density at radius 2 is 1.78 bits per heavy atom. The second-order valence-corrected chi connectivity index (χ2v) is 15.9. The summed E-state index contributed by atoms with van der Waals surface area (Å²) in [7, 11) is 1.10. The van der Waals surface area contributed by atoms with Gasteiger partial charge in [-0.2, -0.15) is 0 Å². The van der Waals surface area contributed by atoms with Crippen LogP contribution in [0.15, 0.2) is 5.38 Å². The highest BCUT2D eigenvalue weighted by Gasteiger charge is 2.37. The number of amides is 1. The number of carbonyl (C=O) groups is 2. The van der Waals surface area contributed by atoms with Gasteiger partial charge in [-0.15, -0.1) is 11.3 Å². The Labute approximate surface area is 197 Å². The van der Waals surface area contributed by atoms with Gasteiger partial charge in [0.1, 0.15) is 5.60 Å². The first-order valence-electron chi connectivity index (χ1n) is 10.8. The van der Waals surface area contributed by atoms with Crippen LogP contribution in [0.2, 0.25) is 18.1 Å². The maximum absolute atomic E-state index is 12.8. The molecule has 0 saturated carbocycles. The van der Waals surface area contributed by atoms with Crippen molar-refractivity contribution in [1.82, 2.24) is 4.98 Å². The summed E-state index contributed by atoms with van der Waals surface area (Å²) in [5.41, 5.74) is -0.484. The topological polar surface area (TPSA) is 87.2 Å². The predicted molar refractivity (Wildman–Crippen MR) is 130 cm³/mol. The molecule has 8 nitrogen and oxygen atoms in total. The molecule has 184 valence electrons. The van der Waals surface area contributed by atoms with E-state index in [0.29, 0.717) is 31.1 Å². The van der Waals surface area contributed by atoms with Crippen molar-refractivity contribution in [2.45, 2.75) is 84.2 Å². The lowest BCUT2D eigenvalue weighted by molar-refractivity contribution is 0.0449. The summed E-state index contributed by atoms with van der Waals surface area (Å²) in [6.07, 6.45) is 0.784. The van der Waals surface area contributed by atoms with E-state index in [1.807, 2.05) is 20.8 Å². The third kappa shape index (κ3) is 8.80. The normalized spacial score (nSPS) is 13.6. The molecule has 0 fully saturated rings. The second-order valence-electron chi connectivity index (χ2n) is 10.2. The summed E-state index contributed by atoms with van der Waals surface area (Å²) in [4.78, 5) is 30.3. The molecule has 1 aromatic rings. The predicted octanol–water partition coefficient (Wildman–Crippen LogP) is 5.49. The van der Waals surface area contributed by atoms with E-state index in [1.165, 1.54) is 23.3 Å². The summed E-state index contributed by atoms with van der Waals surface area (Å²) < 4.78 is 22.2. The van der Waals surface area contributed by atoms with Gasteiger partial charge in [-0.25, -0.2) is 14.6 Å². The van der Waals surface area contributed by atoms with Gasteiger partial charge in [-0.05, 0) is 51.7 Å². The number of thiazole rings is 1. The lowest BCUT2D eigenvalue weighted by Crippen LogP contribution is -2.43. The quantitative estimate of drug-likeness (QED) is 0.318. The summed E-state index contributed by atoms with van der Waals surface area (Å²) in [6.45, 7) is 17.4. The maximum atomic E-state index is 12.8. The molecule has 0 radical (unpaired) electrons. The Morgan fingerprint density at radius 3 is 2.28 bits per heavy atom. The number of hydrogen-bond acceptors (Lipinski definition) is 8. The molecule has 1 unspecified atom stereocenters. The first-order valence-corrected chi connectivity index (χ1v) is 14.6. The van der Waals surface area contributed by atoms with E-state index in [0.717, 1.165) is 0 Å². The smallest absolute Gasteiger partial charge is 0.416 e. The summed E-state index contributed by atoms with van der Waals surface area (Å²) in [5, 5.41) is 2.09. The van der Waals surface area contributed by atoms with Crippen LogP contribution >= 0.6 is 11.3 Å². The molecular weight excluding hydrogens is 448 g/mol. The third-order valence-electron chi connectivity index (χ3n) is 5.41. The Hall–Kier alpha value is -1.49. The van der Waals surface area contributed by atoms with Gasteiger partial charge in [-0.1, -0.05) is 20.8 Å². The molecule has 0 saturated heterocycles. The summed E-state index contributed by atoms with van der Waals surface area (Å²) in [6, 6.07) is 0. The molecule has 32 heavy (non-hydrogen) atoms.